The number of carboxylic acid groups (broad SMARTS) is 1. The summed E-state index contributed by atoms with van der Waals surface area (Å²) in [6, 6.07) is 1.40. The lowest BCUT2D eigenvalue weighted by atomic mass is 10.1. The van der Waals surface area contributed by atoms with Gasteiger partial charge < -0.3 is 15.2 Å². The Hall–Kier alpha value is -2.18. The van der Waals surface area contributed by atoms with Crippen LogP contribution in [0.2, 0.25) is 0 Å². The number of halogens is 1. The van der Waals surface area contributed by atoms with E-state index < -0.39 is 29.7 Å². The Labute approximate surface area is 116 Å². The molecule has 0 spiro atoms. The second kappa shape index (κ2) is 6.31. The van der Waals surface area contributed by atoms with Crippen LogP contribution in [0.3, 0.4) is 0 Å². The minimum atomic E-state index is -1.23. The van der Waals surface area contributed by atoms with E-state index in [-0.39, 0.29) is 6.42 Å². The highest BCUT2D eigenvalue weighted by Gasteiger charge is 2.24. The standard InChI is InChI=1S/C13H17FN2O4/c1-13(2,3)20-12(19)16-9(11(17)18)6-8-4-5-15-10(14)7-8/h4-5,7,9H,6H2,1-3H3,(H,16,19)(H,17,18)/t9-/m0/s1. The lowest BCUT2D eigenvalue weighted by Crippen LogP contribution is -2.44. The van der Waals surface area contributed by atoms with E-state index in [1.165, 1.54) is 12.3 Å². The molecule has 1 rings (SSSR count). The van der Waals surface area contributed by atoms with Crippen LogP contribution in [0.25, 0.3) is 0 Å². The number of pyridine rings is 1. The Kier molecular flexibility index (Phi) is 5.01. The maximum absolute atomic E-state index is 12.9. The predicted octanol–water partition coefficient (Wildman–Crippen LogP) is 1.74. The second-order valence-corrected chi connectivity index (χ2v) is 5.23. The Morgan fingerprint density at radius 3 is 2.65 bits per heavy atom. The number of hydrogen-bond donors (Lipinski definition) is 2. The first-order chi connectivity index (χ1) is 9.17. The van der Waals surface area contributed by atoms with Crippen molar-refractivity contribution in [1.82, 2.24) is 10.3 Å². The van der Waals surface area contributed by atoms with Crippen LogP contribution in [0.5, 0.6) is 0 Å². The topological polar surface area (TPSA) is 88.5 Å². The van der Waals surface area contributed by atoms with Crippen molar-refractivity contribution in [3.05, 3.63) is 29.8 Å². The molecule has 0 saturated heterocycles. The van der Waals surface area contributed by atoms with Gasteiger partial charge in [-0.25, -0.2) is 14.6 Å². The van der Waals surface area contributed by atoms with Crippen LogP contribution in [-0.4, -0.2) is 33.8 Å². The van der Waals surface area contributed by atoms with E-state index in [1.54, 1.807) is 20.8 Å². The van der Waals surface area contributed by atoms with Crippen molar-refractivity contribution < 1.29 is 23.8 Å². The smallest absolute Gasteiger partial charge is 0.408 e. The van der Waals surface area contributed by atoms with Crippen LogP contribution in [0, 0.1) is 5.95 Å². The molecule has 0 saturated carbocycles. The zero-order chi connectivity index (χ0) is 15.3. The van der Waals surface area contributed by atoms with Gasteiger partial charge in [-0.2, -0.15) is 4.39 Å². The summed E-state index contributed by atoms with van der Waals surface area (Å²) in [5.41, 5.74) is -0.309. The number of alkyl carbamates (subject to hydrolysis) is 1. The highest BCUT2D eigenvalue weighted by atomic mass is 19.1. The monoisotopic (exact) mass is 284 g/mol. The third-order valence-corrected chi connectivity index (χ3v) is 2.22. The first kappa shape index (κ1) is 15.9. The molecule has 0 radical (unpaired) electrons. The van der Waals surface area contributed by atoms with E-state index in [0.29, 0.717) is 5.56 Å². The Bertz CT molecular complexity index is 499. The first-order valence-electron chi connectivity index (χ1n) is 6.00. The van der Waals surface area contributed by atoms with Gasteiger partial charge in [-0.1, -0.05) is 0 Å². The molecule has 110 valence electrons. The molecule has 0 unspecified atom stereocenters. The molecule has 7 heteroatoms. The molecule has 0 aliphatic rings. The average Bonchev–Trinajstić information content (AvgIpc) is 2.25. The third kappa shape index (κ3) is 5.64. The van der Waals surface area contributed by atoms with Crippen molar-refractivity contribution in [3.63, 3.8) is 0 Å². The molecule has 1 aromatic rings. The molecule has 0 fully saturated rings. The maximum atomic E-state index is 12.9. The summed E-state index contributed by atoms with van der Waals surface area (Å²) >= 11 is 0. The molecule has 20 heavy (non-hydrogen) atoms. The number of carboxylic acids is 1. The van der Waals surface area contributed by atoms with Crippen LogP contribution < -0.4 is 5.32 Å². The molecule has 0 aliphatic carbocycles. The van der Waals surface area contributed by atoms with E-state index in [4.69, 9.17) is 9.84 Å². The van der Waals surface area contributed by atoms with Crippen LogP contribution in [0.15, 0.2) is 18.3 Å². The molecule has 0 bridgehead atoms. The SMILES string of the molecule is CC(C)(C)OC(=O)N[C@@H](Cc1ccnc(F)c1)C(=O)O. The summed E-state index contributed by atoms with van der Waals surface area (Å²) in [4.78, 5) is 26.0. The number of nitrogens with one attached hydrogen (secondary N) is 1. The summed E-state index contributed by atoms with van der Waals surface area (Å²) in [5.74, 6) is -1.93. The van der Waals surface area contributed by atoms with Crippen LogP contribution >= 0.6 is 0 Å². The Morgan fingerprint density at radius 1 is 1.50 bits per heavy atom. The van der Waals surface area contributed by atoms with Crippen LogP contribution in [-0.2, 0) is 16.0 Å². The van der Waals surface area contributed by atoms with Gasteiger partial charge in [0.1, 0.15) is 11.6 Å². The van der Waals surface area contributed by atoms with Gasteiger partial charge in [0, 0.05) is 12.6 Å². The fourth-order valence-electron chi connectivity index (χ4n) is 1.46. The van der Waals surface area contributed by atoms with Gasteiger partial charge in [0.15, 0.2) is 0 Å². The molecule has 2 N–H and O–H groups in total. The molecule has 6 nitrogen and oxygen atoms in total. The highest BCUT2D eigenvalue weighted by molar-refractivity contribution is 5.80. The molecular formula is C13H17FN2O4. The van der Waals surface area contributed by atoms with E-state index in [1.807, 2.05) is 0 Å². The van der Waals surface area contributed by atoms with Gasteiger partial charge in [0.05, 0.1) is 0 Å². The molecule has 1 atom stereocenters. The molecule has 0 aliphatic heterocycles. The third-order valence-electron chi connectivity index (χ3n) is 2.22. The van der Waals surface area contributed by atoms with E-state index >= 15 is 0 Å². The van der Waals surface area contributed by atoms with Gasteiger partial charge in [-0.3, -0.25) is 0 Å². The number of carbonyl (C=O) groups is 2. The number of hydrogen-bond acceptors (Lipinski definition) is 4. The normalized spacial score (nSPS) is 12.6. The number of rotatable bonds is 4. The summed E-state index contributed by atoms with van der Waals surface area (Å²) in [5, 5.41) is 11.3. The Morgan fingerprint density at radius 2 is 2.15 bits per heavy atom. The van der Waals surface area contributed by atoms with Crippen molar-refractivity contribution in [3.8, 4) is 0 Å². The largest absolute Gasteiger partial charge is 0.480 e. The molecule has 1 aromatic heterocycles. The molecular weight excluding hydrogens is 267 g/mol. The number of carbonyl (C=O) groups excluding carboxylic acids is 1. The lowest BCUT2D eigenvalue weighted by molar-refractivity contribution is -0.139. The number of aliphatic carboxylic acids is 1. The van der Waals surface area contributed by atoms with Crippen molar-refractivity contribution in [2.45, 2.75) is 38.8 Å². The molecule has 1 amide bonds. The lowest BCUT2D eigenvalue weighted by Gasteiger charge is -2.22. The summed E-state index contributed by atoms with van der Waals surface area (Å²) in [6.45, 7) is 5.00. The fourth-order valence-corrected chi connectivity index (χ4v) is 1.46. The van der Waals surface area contributed by atoms with Gasteiger partial charge in [-0.15, -0.1) is 0 Å². The number of ether oxygens (including phenoxy) is 1. The summed E-state index contributed by atoms with van der Waals surface area (Å²) in [7, 11) is 0. The van der Waals surface area contributed by atoms with Crippen molar-refractivity contribution in [2.75, 3.05) is 0 Å². The zero-order valence-electron chi connectivity index (χ0n) is 11.5. The number of aromatic nitrogens is 1. The van der Waals surface area contributed by atoms with Crippen molar-refractivity contribution in [1.29, 1.82) is 0 Å². The highest BCUT2D eigenvalue weighted by Crippen LogP contribution is 2.09. The van der Waals surface area contributed by atoms with Gasteiger partial charge in [-0.05, 0) is 38.5 Å². The minimum Gasteiger partial charge on any atom is -0.480 e. The summed E-state index contributed by atoms with van der Waals surface area (Å²) < 4.78 is 17.9. The van der Waals surface area contributed by atoms with Crippen LogP contribution in [0.4, 0.5) is 9.18 Å². The quantitative estimate of drug-likeness (QED) is 0.822. The van der Waals surface area contributed by atoms with E-state index in [0.717, 1.165) is 6.07 Å². The molecule has 0 aromatic carbocycles. The second-order valence-electron chi connectivity index (χ2n) is 5.23. The fraction of sp³-hybridized carbons (Fsp3) is 0.462. The van der Waals surface area contributed by atoms with Gasteiger partial charge >= 0.3 is 12.1 Å². The zero-order valence-corrected chi connectivity index (χ0v) is 11.5. The molecule has 1 heterocycles. The number of amides is 1. The average molecular weight is 284 g/mol. The predicted molar refractivity (Wildman–Crippen MR) is 68.7 cm³/mol. The summed E-state index contributed by atoms with van der Waals surface area (Å²) in [6.07, 6.45) is 0.338. The van der Waals surface area contributed by atoms with Gasteiger partial charge in [0.2, 0.25) is 5.95 Å². The minimum absolute atomic E-state index is 0.0615. The van der Waals surface area contributed by atoms with Crippen molar-refractivity contribution in [2.24, 2.45) is 0 Å². The maximum Gasteiger partial charge on any atom is 0.408 e. The Balaban J connectivity index is 2.71. The van der Waals surface area contributed by atoms with E-state index in [9.17, 15) is 14.0 Å². The van der Waals surface area contributed by atoms with Crippen LogP contribution in [0.1, 0.15) is 26.3 Å². The first-order valence-corrected chi connectivity index (χ1v) is 6.00. The van der Waals surface area contributed by atoms with E-state index in [2.05, 4.69) is 10.3 Å². The van der Waals surface area contributed by atoms with Crippen molar-refractivity contribution >= 4 is 12.1 Å². The van der Waals surface area contributed by atoms with Gasteiger partial charge in [0.25, 0.3) is 0 Å². The number of nitrogens with zero attached hydrogens (tertiary/aromatic N) is 1.